The number of hydrogen-bond donors (Lipinski definition) is 0. The fraction of sp³-hybridized carbons (Fsp3) is 0.462. The van der Waals surface area contributed by atoms with Crippen LogP contribution in [0.5, 0.6) is 0 Å². The van der Waals surface area contributed by atoms with E-state index in [0.29, 0.717) is 10.9 Å². The number of carbonyl (C=O) groups is 1. The van der Waals surface area contributed by atoms with Crippen molar-refractivity contribution in [2.45, 2.75) is 32.0 Å². The van der Waals surface area contributed by atoms with Crippen LogP contribution in [0.4, 0.5) is 0 Å². The van der Waals surface area contributed by atoms with Crippen LogP contribution < -0.4 is 5.56 Å². The molecule has 0 aliphatic rings. The highest BCUT2D eigenvalue weighted by atomic mass is 32.2. The Labute approximate surface area is 116 Å². The third-order valence-electron chi connectivity index (χ3n) is 2.33. The number of hydrogen-bond acceptors (Lipinski definition) is 5. The molecule has 1 rings (SSSR count). The van der Waals surface area contributed by atoms with Gasteiger partial charge in [-0.2, -0.15) is 0 Å². The van der Waals surface area contributed by atoms with E-state index in [1.165, 1.54) is 29.6 Å². The van der Waals surface area contributed by atoms with Gasteiger partial charge in [0.1, 0.15) is 5.56 Å². The van der Waals surface area contributed by atoms with Crippen molar-refractivity contribution in [2.75, 3.05) is 12.9 Å². The summed E-state index contributed by atoms with van der Waals surface area (Å²) in [6, 6.07) is -0.0957. The minimum absolute atomic E-state index is 0.0536. The third-order valence-corrected chi connectivity index (χ3v) is 3.18. The Bertz CT molecular complexity index is 582. The van der Waals surface area contributed by atoms with Crippen LogP contribution >= 0.6 is 11.8 Å². The Morgan fingerprint density at radius 3 is 2.79 bits per heavy atom. The molecule has 19 heavy (non-hydrogen) atoms. The Hall–Kier alpha value is -1.74. The standard InChI is InChI=1S/C13H16N2O3S/c1-5-6-7-19-13-14-8-10(12(17)18-4)11(16)15(13)9(2)3/h8-9H,7H2,1-4H3. The van der Waals surface area contributed by atoms with E-state index in [1.54, 1.807) is 6.92 Å². The molecule has 0 amide bonds. The zero-order valence-corrected chi connectivity index (χ0v) is 12.2. The highest BCUT2D eigenvalue weighted by molar-refractivity contribution is 7.99. The average Bonchev–Trinajstić information content (AvgIpc) is 2.38. The molecule has 1 heterocycles. The Balaban J connectivity index is 3.26. The first-order valence-corrected chi connectivity index (χ1v) is 6.73. The molecule has 0 N–H and O–H groups in total. The van der Waals surface area contributed by atoms with Crippen LogP contribution in [-0.2, 0) is 4.74 Å². The molecular weight excluding hydrogens is 264 g/mol. The fourth-order valence-corrected chi connectivity index (χ4v) is 2.34. The van der Waals surface area contributed by atoms with Gasteiger partial charge < -0.3 is 4.74 Å². The number of thioether (sulfide) groups is 1. The first-order valence-electron chi connectivity index (χ1n) is 5.75. The van der Waals surface area contributed by atoms with Gasteiger partial charge in [0, 0.05) is 6.04 Å². The number of methoxy groups -OCH3 is 1. The van der Waals surface area contributed by atoms with Crippen LogP contribution in [0.3, 0.4) is 0 Å². The van der Waals surface area contributed by atoms with Gasteiger partial charge in [-0.15, -0.1) is 5.92 Å². The van der Waals surface area contributed by atoms with E-state index in [4.69, 9.17) is 0 Å². The van der Waals surface area contributed by atoms with Crippen LogP contribution in [0.25, 0.3) is 0 Å². The van der Waals surface area contributed by atoms with Crippen molar-refractivity contribution in [3.05, 3.63) is 22.1 Å². The predicted molar refractivity (Wildman–Crippen MR) is 74.4 cm³/mol. The maximum absolute atomic E-state index is 12.2. The van der Waals surface area contributed by atoms with E-state index in [0.717, 1.165) is 0 Å². The van der Waals surface area contributed by atoms with Crippen molar-refractivity contribution in [2.24, 2.45) is 0 Å². The van der Waals surface area contributed by atoms with Crippen molar-refractivity contribution in [1.82, 2.24) is 9.55 Å². The van der Waals surface area contributed by atoms with E-state index < -0.39 is 5.97 Å². The van der Waals surface area contributed by atoms with Crippen molar-refractivity contribution >= 4 is 17.7 Å². The number of aromatic nitrogens is 2. The van der Waals surface area contributed by atoms with Crippen LogP contribution in [0.2, 0.25) is 0 Å². The van der Waals surface area contributed by atoms with Crippen molar-refractivity contribution < 1.29 is 9.53 Å². The maximum atomic E-state index is 12.2. The quantitative estimate of drug-likeness (QED) is 0.364. The lowest BCUT2D eigenvalue weighted by molar-refractivity contribution is 0.0596. The molecule has 1 aromatic heterocycles. The summed E-state index contributed by atoms with van der Waals surface area (Å²) in [5, 5.41) is 0.551. The lowest BCUT2D eigenvalue weighted by Gasteiger charge is -2.14. The molecule has 0 radical (unpaired) electrons. The summed E-state index contributed by atoms with van der Waals surface area (Å²) in [5.74, 6) is 5.56. The highest BCUT2D eigenvalue weighted by Crippen LogP contribution is 2.17. The summed E-state index contributed by atoms with van der Waals surface area (Å²) < 4.78 is 6.05. The van der Waals surface area contributed by atoms with E-state index in [-0.39, 0.29) is 17.2 Å². The Morgan fingerprint density at radius 1 is 1.58 bits per heavy atom. The van der Waals surface area contributed by atoms with Gasteiger partial charge in [0.15, 0.2) is 5.16 Å². The van der Waals surface area contributed by atoms with Gasteiger partial charge >= 0.3 is 5.97 Å². The minimum Gasteiger partial charge on any atom is -0.465 e. The molecule has 6 heteroatoms. The van der Waals surface area contributed by atoms with Crippen molar-refractivity contribution in [3.8, 4) is 11.8 Å². The highest BCUT2D eigenvalue weighted by Gasteiger charge is 2.18. The summed E-state index contributed by atoms with van der Waals surface area (Å²) >= 11 is 1.37. The summed E-state index contributed by atoms with van der Waals surface area (Å²) in [6.45, 7) is 5.48. The van der Waals surface area contributed by atoms with Gasteiger partial charge in [-0.25, -0.2) is 9.78 Å². The van der Waals surface area contributed by atoms with Crippen LogP contribution in [-0.4, -0.2) is 28.4 Å². The first-order chi connectivity index (χ1) is 9.02. The average molecular weight is 280 g/mol. The second kappa shape index (κ2) is 7.00. The van der Waals surface area contributed by atoms with Gasteiger partial charge in [0.05, 0.1) is 19.1 Å². The normalized spacial score (nSPS) is 9.95. The number of carbonyl (C=O) groups excluding carboxylic acids is 1. The molecule has 0 atom stereocenters. The maximum Gasteiger partial charge on any atom is 0.345 e. The van der Waals surface area contributed by atoms with Crippen LogP contribution in [0.1, 0.15) is 37.2 Å². The van der Waals surface area contributed by atoms with Gasteiger partial charge in [-0.05, 0) is 20.8 Å². The zero-order chi connectivity index (χ0) is 14.4. The molecule has 0 spiro atoms. The summed E-state index contributed by atoms with van der Waals surface area (Å²) in [6.07, 6.45) is 1.26. The topological polar surface area (TPSA) is 61.2 Å². The number of rotatable bonds is 4. The summed E-state index contributed by atoms with van der Waals surface area (Å²) in [7, 11) is 1.24. The summed E-state index contributed by atoms with van der Waals surface area (Å²) in [5.41, 5.74) is -0.439. The molecule has 0 unspecified atom stereocenters. The molecule has 0 aliphatic heterocycles. The van der Waals surface area contributed by atoms with E-state index in [9.17, 15) is 9.59 Å². The molecule has 0 bridgehead atoms. The Kier molecular flexibility index (Phi) is 5.64. The molecule has 0 saturated carbocycles. The lowest BCUT2D eigenvalue weighted by atomic mass is 10.3. The molecule has 0 fully saturated rings. The monoisotopic (exact) mass is 280 g/mol. The van der Waals surface area contributed by atoms with Gasteiger partial charge in [0.25, 0.3) is 5.56 Å². The van der Waals surface area contributed by atoms with E-state index in [2.05, 4.69) is 21.6 Å². The smallest absolute Gasteiger partial charge is 0.345 e. The largest absolute Gasteiger partial charge is 0.465 e. The van der Waals surface area contributed by atoms with E-state index in [1.807, 2.05) is 13.8 Å². The lowest BCUT2D eigenvalue weighted by Crippen LogP contribution is -2.30. The molecule has 0 saturated heterocycles. The molecule has 102 valence electrons. The number of nitrogens with zero attached hydrogens (tertiary/aromatic N) is 2. The number of esters is 1. The SMILES string of the molecule is CC#CCSc1ncc(C(=O)OC)c(=O)n1C(C)C. The molecule has 0 aromatic carbocycles. The molecular formula is C13H16N2O3S. The van der Waals surface area contributed by atoms with Gasteiger partial charge in [-0.3, -0.25) is 9.36 Å². The second-order valence-corrected chi connectivity index (χ2v) is 4.87. The van der Waals surface area contributed by atoms with Crippen molar-refractivity contribution in [3.63, 3.8) is 0 Å². The fourth-order valence-electron chi connectivity index (χ4n) is 1.44. The second-order valence-electron chi connectivity index (χ2n) is 3.93. The van der Waals surface area contributed by atoms with Crippen molar-refractivity contribution in [1.29, 1.82) is 0 Å². The Morgan fingerprint density at radius 2 is 2.26 bits per heavy atom. The zero-order valence-electron chi connectivity index (χ0n) is 11.4. The minimum atomic E-state index is -0.670. The van der Waals surface area contributed by atoms with Gasteiger partial charge in [0.2, 0.25) is 0 Å². The van der Waals surface area contributed by atoms with Crippen LogP contribution in [0, 0.1) is 11.8 Å². The van der Waals surface area contributed by atoms with Crippen LogP contribution in [0.15, 0.2) is 16.1 Å². The van der Waals surface area contributed by atoms with E-state index >= 15 is 0 Å². The predicted octanol–water partition coefficient (Wildman–Crippen LogP) is 1.73. The molecule has 0 aliphatic carbocycles. The van der Waals surface area contributed by atoms with Gasteiger partial charge in [-0.1, -0.05) is 17.7 Å². The number of ether oxygens (including phenoxy) is 1. The summed E-state index contributed by atoms with van der Waals surface area (Å²) in [4.78, 5) is 27.9. The molecule has 5 nitrogen and oxygen atoms in total. The third kappa shape index (κ3) is 3.61. The molecule has 1 aromatic rings. The first kappa shape index (κ1) is 15.3.